The molecule has 1 fully saturated rings. The Hall–Kier alpha value is -1.72. The van der Waals surface area contributed by atoms with Crippen molar-refractivity contribution in [3.05, 3.63) is 0 Å². The number of rotatable bonds is 5. The van der Waals surface area contributed by atoms with Crippen molar-refractivity contribution in [1.82, 2.24) is 9.80 Å². The van der Waals surface area contributed by atoms with E-state index in [2.05, 4.69) is 11.9 Å². The Morgan fingerprint density at radius 3 is 2.74 bits per heavy atom. The fourth-order valence-corrected chi connectivity index (χ4v) is 2.45. The van der Waals surface area contributed by atoms with E-state index in [1.165, 1.54) is 9.80 Å². The summed E-state index contributed by atoms with van der Waals surface area (Å²) in [6.07, 6.45) is 5.79. The number of amides is 3. The average molecular weight is 265 g/mol. The summed E-state index contributed by atoms with van der Waals surface area (Å²) in [6.45, 7) is 2.64. The third-order valence-electron chi connectivity index (χ3n) is 3.62. The number of fused-ring (bicyclic) bond motifs is 1. The Bertz CT molecular complexity index is 456. The van der Waals surface area contributed by atoms with Gasteiger partial charge in [0.2, 0.25) is 0 Å². The van der Waals surface area contributed by atoms with Gasteiger partial charge in [-0.25, -0.2) is 9.37 Å². The Morgan fingerprint density at radius 1 is 1.32 bits per heavy atom. The number of hydrogen-bond acceptors (Lipinski definition) is 3. The number of unbranched alkanes of at least 4 members (excludes halogenated alkanes) is 3. The van der Waals surface area contributed by atoms with Gasteiger partial charge in [0.25, 0.3) is 24.1 Å². The molecule has 2 aliphatic rings. The van der Waals surface area contributed by atoms with Gasteiger partial charge in [-0.15, -0.1) is 0 Å². The van der Waals surface area contributed by atoms with E-state index >= 15 is 0 Å². The van der Waals surface area contributed by atoms with Gasteiger partial charge in [-0.1, -0.05) is 26.2 Å². The molecule has 0 N–H and O–H groups in total. The van der Waals surface area contributed by atoms with Crippen LogP contribution in [0.3, 0.4) is 0 Å². The fourth-order valence-electron chi connectivity index (χ4n) is 2.45. The van der Waals surface area contributed by atoms with E-state index < -0.39 is 6.04 Å². The molecule has 1 unspecified atom stereocenters. The first-order valence-electron chi connectivity index (χ1n) is 6.80. The minimum absolute atomic E-state index is 0.158. The number of nitrogens with zero attached hydrogens (tertiary/aromatic N) is 4. The summed E-state index contributed by atoms with van der Waals surface area (Å²) < 4.78 is 1.75. The van der Waals surface area contributed by atoms with Crippen LogP contribution in [0.2, 0.25) is 0 Å². The molecule has 0 radical (unpaired) electrons. The standard InChI is InChI=1S/C13H21N4O2/c1-4-5-6-7-8-17-12(18)10-11(14-9-15(10)2)16(3)13(17)19/h9-10H,4-8H2,1-3H3/q+1. The van der Waals surface area contributed by atoms with Crippen molar-refractivity contribution in [2.75, 3.05) is 20.6 Å². The van der Waals surface area contributed by atoms with Crippen LogP contribution in [0, 0.1) is 0 Å². The number of hydrogen-bond donors (Lipinski definition) is 0. The number of urea groups is 1. The molecule has 6 heteroatoms. The van der Waals surface area contributed by atoms with Crippen LogP contribution >= 0.6 is 0 Å². The summed E-state index contributed by atoms with van der Waals surface area (Å²) in [5.74, 6) is 0.372. The number of imide groups is 1. The first kappa shape index (κ1) is 13.7. The molecule has 1 atom stereocenters. The second kappa shape index (κ2) is 5.50. The van der Waals surface area contributed by atoms with Crippen LogP contribution in [0.15, 0.2) is 4.99 Å². The topological polar surface area (TPSA) is 56.0 Å². The summed E-state index contributed by atoms with van der Waals surface area (Å²) in [4.78, 5) is 31.5. The number of carbonyl (C=O) groups excluding carboxylic acids is 2. The maximum absolute atomic E-state index is 12.4. The third kappa shape index (κ3) is 2.39. The molecule has 0 aliphatic carbocycles. The van der Waals surface area contributed by atoms with Gasteiger partial charge in [-0.2, -0.15) is 0 Å². The van der Waals surface area contributed by atoms with Crippen LogP contribution in [0.1, 0.15) is 32.6 Å². The van der Waals surface area contributed by atoms with Crippen molar-refractivity contribution < 1.29 is 14.2 Å². The van der Waals surface area contributed by atoms with E-state index in [9.17, 15) is 9.59 Å². The molecule has 19 heavy (non-hydrogen) atoms. The molecule has 2 rings (SSSR count). The third-order valence-corrected chi connectivity index (χ3v) is 3.62. The van der Waals surface area contributed by atoms with E-state index in [4.69, 9.17) is 0 Å². The number of likely N-dealkylation sites (N-methyl/N-ethyl adjacent to an activating group) is 2. The Kier molecular flexibility index (Phi) is 3.97. The van der Waals surface area contributed by atoms with Crippen molar-refractivity contribution in [3.8, 4) is 0 Å². The van der Waals surface area contributed by atoms with Gasteiger partial charge >= 0.3 is 6.03 Å². The van der Waals surface area contributed by atoms with Gasteiger partial charge in [0.15, 0.2) is 0 Å². The molecule has 0 bridgehead atoms. The van der Waals surface area contributed by atoms with Gasteiger partial charge < -0.3 is 0 Å². The van der Waals surface area contributed by atoms with E-state index in [-0.39, 0.29) is 11.9 Å². The highest BCUT2D eigenvalue weighted by atomic mass is 16.2. The largest absolute Gasteiger partial charge is 0.333 e. The van der Waals surface area contributed by atoms with Crippen LogP contribution in [0.5, 0.6) is 0 Å². The van der Waals surface area contributed by atoms with E-state index in [1.807, 2.05) is 0 Å². The molecule has 104 valence electrons. The van der Waals surface area contributed by atoms with E-state index in [0.717, 1.165) is 25.7 Å². The molecule has 0 saturated carbocycles. The summed E-state index contributed by atoms with van der Waals surface area (Å²) in [5, 5.41) is 0. The monoisotopic (exact) mass is 265 g/mol. The van der Waals surface area contributed by atoms with Gasteiger partial charge in [0.1, 0.15) is 0 Å². The lowest BCUT2D eigenvalue weighted by atomic mass is 10.1. The predicted molar refractivity (Wildman–Crippen MR) is 72.5 cm³/mol. The summed E-state index contributed by atoms with van der Waals surface area (Å²) in [5.41, 5.74) is 0. The molecular weight excluding hydrogens is 244 g/mol. The smallest absolute Gasteiger partial charge is 0.269 e. The average Bonchev–Trinajstić information content (AvgIpc) is 2.77. The highest BCUT2D eigenvalue weighted by Crippen LogP contribution is 2.17. The molecule has 0 aromatic carbocycles. The van der Waals surface area contributed by atoms with Crippen LogP contribution in [0.25, 0.3) is 0 Å². The molecule has 2 heterocycles. The van der Waals surface area contributed by atoms with Gasteiger partial charge in [0, 0.05) is 13.6 Å². The van der Waals surface area contributed by atoms with Crippen molar-refractivity contribution in [3.63, 3.8) is 0 Å². The lowest BCUT2D eigenvalue weighted by Gasteiger charge is -2.32. The predicted octanol–water partition coefficient (Wildman–Crippen LogP) is 0.912. The molecule has 6 nitrogen and oxygen atoms in total. The first-order valence-corrected chi connectivity index (χ1v) is 6.80. The molecular formula is C13H21N4O2+. The quantitative estimate of drug-likeness (QED) is 0.548. The van der Waals surface area contributed by atoms with Crippen LogP contribution in [-0.2, 0) is 4.79 Å². The lowest BCUT2D eigenvalue weighted by Crippen LogP contribution is -2.62. The molecule has 0 spiro atoms. The van der Waals surface area contributed by atoms with Gasteiger partial charge in [-0.05, 0) is 11.4 Å². The number of aliphatic imine (C=N–C) groups is 1. The van der Waals surface area contributed by atoms with Crippen LogP contribution in [0.4, 0.5) is 4.79 Å². The zero-order chi connectivity index (χ0) is 14.0. The number of carbonyl (C=O) groups is 2. The number of amidine groups is 1. The van der Waals surface area contributed by atoms with Crippen LogP contribution in [-0.4, -0.2) is 65.2 Å². The van der Waals surface area contributed by atoms with Gasteiger partial charge in [0.05, 0.1) is 7.05 Å². The van der Waals surface area contributed by atoms with Crippen molar-refractivity contribution >= 4 is 24.1 Å². The molecule has 0 aromatic rings. The minimum atomic E-state index is -0.436. The molecule has 0 aromatic heterocycles. The summed E-state index contributed by atoms with van der Waals surface area (Å²) in [7, 11) is 3.48. The molecule has 2 aliphatic heterocycles. The maximum atomic E-state index is 12.4. The first-order chi connectivity index (χ1) is 9.07. The normalized spacial score (nSPS) is 22.6. The highest BCUT2D eigenvalue weighted by Gasteiger charge is 2.50. The lowest BCUT2D eigenvalue weighted by molar-refractivity contribution is -0.500. The maximum Gasteiger partial charge on any atom is 0.333 e. The van der Waals surface area contributed by atoms with Crippen LogP contribution < -0.4 is 0 Å². The van der Waals surface area contributed by atoms with E-state index in [0.29, 0.717) is 12.4 Å². The minimum Gasteiger partial charge on any atom is -0.269 e. The second-order valence-corrected chi connectivity index (χ2v) is 5.06. The Labute approximate surface area is 113 Å². The molecule has 3 amide bonds. The zero-order valence-electron chi connectivity index (χ0n) is 11.8. The van der Waals surface area contributed by atoms with Crippen molar-refractivity contribution in [1.29, 1.82) is 0 Å². The van der Waals surface area contributed by atoms with Gasteiger partial charge in [-0.3, -0.25) is 14.6 Å². The SMILES string of the molecule is CCCCCCN1C(=O)C2C(=NC=[N+]2C)N(C)C1=O. The van der Waals surface area contributed by atoms with Crippen molar-refractivity contribution in [2.24, 2.45) is 4.99 Å². The van der Waals surface area contributed by atoms with Crippen molar-refractivity contribution in [2.45, 2.75) is 38.6 Å². The summed E-state index contributed by atoms with van der Waals surface area (Å²) >= 11 is 0. The Morgan fingerprint density at radius 2 is 2.05 bits per heavy atom. The highest BCUT2D eigenvalue weighted by molar-refractivity contribution is 6.21. The summed E-state index contributed by atoms with van der Waals surface area (Å²) in [6, 6.07) is -0.700. The zero-order valence-corrected chi connectivity index (χ0v) is 11.8. The Balaban J connectivity index is 2.07. The van der Waals surface area contributed by atoms with E-state index in [1.54, 1.807) is 25.0 Å². The second-order valence-electron chi connectivity index (χ2n) is 5.06. The molecule has 1 saturated heterocycles. The fraction of sp³-hybridized carbons (Fsp3) is 0.692.